The molecule has 1 N–H and O–H groups in total. The minimum atomic E-state index is -0.785. The van der Waals surface area contributed by atoms with Crippen molar-refractivity contribution in [2.75, 3.05) is 0 Å². The minimum Gasteiger partial charge on any atom is -0.483 e. The van der Waals surface area contributed by atoms with Gasteiger partial charge in [0.15, 0.2) is 11.6 Å². The molecule has 5 nitrogen and oxygen atoms in total. The van der Waals surface area contributed by atoms with Crippen molar-refractivity contribution in [1.29, 1.82) is 0 Å². The summed E-state index contributed by atoms with van der Waals surface area (Å²) in [6.45, 7) is 0.357. The number of rotatable bonds is 6. The number of carbonyl (C=O) groups excluding carboxylic acids is 1. The number of benzene rings is 1. The van der Waals surface area contributed by atoms with E-state index in [1.807, 2.05) is 0 Å². The summed E-state index contributed by atoms with van der Waals surface area (Å²) >= 11 is 1.22. The van der Waals surface area contributed by atoms with Crippen LogP contribution in [-0.2, 0) is 13.2 Å². The lowest BCUT2D eigenvalue weighted by molar-refractivity contribution is 0.0946. The number of nitrogens with zero attached hydrogens (tertiary/aromatic N) is 2. The second-order valence-corrected chi connectivity index (χ2v) is 5.97. The molecule has 128 valence electrons. The third kappa shape index (κ3) is 4.57. The first kappa shape index (κ1) is 17.0. The Morgan fingerprint density at radius 1 is 1.20 bits per heavy atom. The molecule has 0 aliphatic carbocycles. The van der Waals surface area contributed by atoms with Gasteiger partial charge in [-0.15, -0.1) is 11.3 Å². The highest BCUT2D eigenvalue weighted by Gasteiger charge is 2.12. The minimum absolute atomic E-state index is 0.00907. The Bertz CT molecular complexity index is 871. The summed E-state index contributed by atoms with van der Waals surface area (Å²) in [5, 5.41) is 4.86. The molecular weight excluding hydrogens is 348 g/mol. The fourth-order valence-electron chi connectivity index (χ4n) is 1.99. The van der Waals surface area contributed by atoms with Gasteiger partial charge in [-0.3, -0.25) is 9.78 Å². The first-order valence-electron chi connectivity index (χ1n) is 7.31. The van der Waals surface area contributed by atoms with E-state index in [9.17, 15) is 13.6 Å². The molecule has 3 rings (SSSR count). The molecule has 8 heteroatoms. The molecule has 1 amide bonds. The van der Waals surface area contributed by atoms with Crippen LogP contribution in [0.15, 0.2) is 48.1 Å². The molecule has 0 spiro atoms. The number of carbonyl (C=O) groups is 1. The van der Waals surface area contributed by atoms with Crippen LogP contribution in [0.25, 0.3) is 0 Å². The Morgan fingerprint density at radius 2 is 2.00 bits per heavy atom. The molecule has 0 saturated carbocycles. The van der Waals surface area contributed by atoms with Gasteiger partial charge in [0.2, 0.25) is 0 Å². The molecule has 0 atom stereocenters. The molecule has 2 aromatic heterocycles. The van der Waals surface area contributed by atoms with E-state index >= 15 is 0 Å². The number of hydrogen-bond acceptors (Lipinski definition) is 5. The van der Waals surface area contributed by atoms with E-state index in [1.54, 1.807) is 29.9 Å². The van der Waals surface area contributed by atoms with Crippen molar-refractivity contribution in [3.05, 3.63) is 76.0 Å². The van der Waals surface area contributed by atoms with E-state index < -0.39 is 11.6 Å². The third-order valence-electron chi connectivity index (χ3n) is 3.23. The van der Waals surface area contributed by atoms with Gasteiger partial charge >= 0.3 is 0 Å². The Balaban J connectivity index is 1.55. The van der Waals surface area contributed by atoms with Gasteiger partial charge in [-0.25, -0.2) is 13.8 Å². The lowest BCUT2D eigenvalue weighted by atomic mass is 10.2. The quantitative estimate of drug-likeness (QED) is 0.732. The van der Waals surface area contributed by atoms with Gasteiger partial charge in [0, 0.05) is 30.4 Å². The Hall–Kier alpha value is -2.87. The Labute approximate surface area is 146 Å². The van der Waals surface area contributed by atoms with Gasteiger partial charge in [0.1, 0.15) is 23.1 Å². The highest BCUT2D eigenvalue weighted by Crippen LogP contribution is 2.20. The predicted molar refractivity (Wildman–Crippen MR) is 88.2 cm³/mol. The van der Waals surface area contributed by atoms with E-state index in [2.05, 4.69) is 15.3 Å². The van der Waals surface area contributed by atoms with Gasteiger partial charge in [0.05, 0.1) is 0 Å². The fraction of sp³-hybridized carbons (Fsp3) is 0.118. The zero-order chi connectivity index (χ0) is 17.6. The number of thiazole rings is 1. The molecule has 0 saturated heterocycles. The van der Waals surface area contributed by atoms with E-state index in [1.165, 1.54) is 17.4 Å². The summed E-state index contributed by atoms with van der Waals surface area (Å²) in [7, 11) is 0. The number of nitrogens with one attached hydrogen (secondary N) is 1. The van der Waals surface area contributed by atoms with Gasteiger partial charge in [-0.05, 0) is 29.8 Å². The number of ether oxygens (including phenoxy) is 1. The second-order valence-electron chi connectivity index (χ2n) is 5.03. The van der Waals surface area contributed by atoms with Crippen LogP contribution in [0.3, 0.4) is 0 Å². The summed E-state index contributed by atoms with van der Waals surface area (Å²) in [4.78, 5) is 20.1. The van der Waals surface area contributed by atoms with Crippen LogP contribution in [-0.4, -0.2) is 15.9 Å². The summed E-state index contributed by atoms with van der Waals surface area (Å²) in [5.41, 5.74) is 1.19. The van der Waals surface area contributed by atoms with Crippen molar-refractivity contribution in [3.63, 3.8) is 0 Å². The number of hydrogen-bond donors (Lipinski definition) is 1. The van der Waals surface area contributed by atoms with Gasteiger partial charge < -0.3 is 10.1 Å². The van der Waals surface area contributed by atoms with Gasteiger partial charge in [-0.2, -0.15) is 0 Å². The van der Waals surface area contributed by atoms with Crippen molar-refractivity contribution >= 4 is 17.2 Å². The normalized spacial score (nSPS) is 10.5. The van der Waals surface area contributed by atoms with Gasteiger partial charge in [0.25, 0.3) is 5.91 Å². The summed E-state index contributed by atoms with van der Waals surface area (Å²) in [6.07, 6.45) is 3.29. The van der Waals surface area contributed by atoms with Gasteiger partial charge in [-0.1, -0.05) is 0 Å². The maximum atomic E-state index is 13.5. The molecule has 0 fully saturated rings. The van der Waals surface area contributed by atoms with Crippen LogP contribution in [0, 0.1) is 11.6 Å². The molecule has 0 aliphatic rings. The molecule has 25 heavy (non-hydrogen) atoms. The maximum absolute atomic E-state index is 13.5. The highest BCUT2D eigenvalue weighted by atomic mass is 32.1. The van der Waals surface area contributed by atoms with Crippen LogP contribution in [0.5, 0.6) is 5.75 Å². The Morgan fingerprint density at radius 3 is 2.76 bits per heavy atom. The van der Waals surface area contributed by atoms with Crippen molar-refractivity contribution in [1.82, 2.24) is 15.3 Å². The van der Waals surface area contributed by atoms with Crippen molar-refractivity contribution in [2.24, 2.45) is 0 Å². The molecule has 0 radical (unpaired) electrons. The smallest absolute Gasteiger partial charge is 0.271 e. The number of pyridine rings is 1. The highest BCUT2D eigenvalue weighted by molar-refractivity contribution is 7.09. The fourth-order valence-corrected chi connectivity index (χ4v) is 2.67. The zero-order valence-corrected chi connectivity index (χ0v) is 13.7. The number of amides is 1. The predicted octanol–water partition coefficient (Wildman–Crippen LogP) is 3.33. The van der Waals surface area contributed by atoms with Crippen LogP contribution >= 0.6 is 11.3 Å². The Kier molecular flexibility index (Phi) is 5.30. The molecule has 3 aromatic rings. The average Bonchev–Trinajstić information content (AvgIpc) is 3.09. The van der Waals surface area contributed by atoms with Crippen molar-refractivity contribution < 1.29 is 18.3 Å². The SMILES string of the molecule is O=C(NCc1ccncc1)c1csc(COc2ccc(F)cc2F)n1. The number of halogens is 2. The number of aromatic nitrogens is 2. The zero-order valence-electron chi connectivity index (χ0n) is 12.9. The summed E-state index contributed by atoms with van der Waals surface area (Å²) in [5.74, 6) is -1.84. The molecule has 0 unspecified atom stereocenters. The lowest BCUT2D eigenvalue weighted by Crippen LogP contribution is -2.23. The first-order chi connectivity index (χ1) is 12.1. The summed E-state index contributed by atoms with van der Waals surface area (Å²) < 4.78 is 31.6. The molecule has 0 bridgehead atoms. The van der Waals surface area contributed by atoms with Crippen LogP contribution in [0.2, 0.25) is 0 Å². The first-order valence-corrected chi connectivity index (χ1v) is 8.19. The van der Waals surface area contributed by atoms with Crippen LogP contribution < -0.4 is 10.1 Å². The van der Waals surface area contributed by atoms with Crippen LogP contribution in [0.4, 0.5) is 8.78 Å². The molecule has 2 heterocycles. The maximum Gasteiger partial charge on any atom is 0.271 e. The topological polar surface area (TPSA) is 64.1 Å². The average molecular weight is 361 g/mol. The molecular formula is C17H13F2N3O2S. The van der Waals surface area contributed by atoms with E-state index in [-0.39, 0.29) is 24.0 Å². The monoisotopic (exact) mass is 361 g/mol. The summed E-state index contributed by atoms with van der Waals surface area (Å²) in [6, 6.07) is 6.67. The standard InChI is InChI=1S/C17H13F2N3O2S/c18-12-1-2-15(13(19)7-12)24-9-16-22-14(10-25-16)17(23)21-8-11-3-5-20-6-4-11/h1-7,10H,8-9H2,(H,21,23). The van der Waals surface area contributed by atoms with E-state index in [0.717, 1.165) is 17.7 Å². The molecule has 0 aliphatic heterocycles. The van der Waals surface area contributed by atoms with Crippen LogP contribution in [0.1, 0.15) is 21.1 Å². The lowest BCUT2D eigenvalue weighted by Gasteiger charge is -2.05. The van der Waals surface area contributed by atoms with Crippen molar-refractivity contribution in [2.45, 2.75) is 13.2 Å². The van der Waals surface area contributed by atoms with Crippen molar-refractivity contribution in [3.8, 4) is 5.75 Å². The molecule has 1 aromatic carbocycles. The van der Waals surface area contributed by atoms with E-state index in [4.69, 9.17) is 4.74 Å². The van der Waals surface area contributed by atoms with E-state index in [0.29, 0.717) is 11.6 Å². The largest absolute Gasteiger partial charge is 0.483 e. The second kappa shape index (κ2) is 7.80. The third-order valence-corrected chi connectivity index (χ3v) is 4.05.